The molecule has 1 aliphatic rings. The lowest BCUT2D eigenvalue weighted by Crippen LogP contribution is -2.31. The highest BCUT2D eigenvalue weighted by atomic mass is 35.5. The zero-order valence-corrected chi connectivity index (χ0v) is 12.5. The van der Waals surface area contributed by atoms with E-state index in [1.807, 2.05) is 11.4 Å². The Kier molecular flexibility index (Phi) is 4.87. The first-order valence-corrected chi connectivity index (χ1v) is 7.98. The second-order valence-electron chi connectivity index (χ2n) is 5.57. The summed E-state index contributed by atoms with van der Waals surface area (Å²) < 4.78 is 0. The van der Waals surface area contributed by atoms with Crippen molar-refractivity contribution in [2.75, 3.05) is 0 Å². The lowest BCUT2D eigenvalue weighted by Gasteiger charge is -2.38. The third-order valence-corrected chi connectivity index (χ3v) is 5.57. The summed E-state index contributed by atoms with van der Waals surface area (Å²) in [7, 11) is 0. The van der Waals surface area contributed by atoms with Crippen LogP contribution in [0.3, 0.4) is 0 Å². The molecule has 1 unspecified atom stereocenters. The zero-order chi connectivity index (χ0) is 13.9. The third-order valence-electron chi connectivity index (χ3n) is 4.07. The molecule has 19 heavy (non-hydrogen) atoms. The molecule has 1 saturated carbocycles. The molecule has 1 fully saturated rings. The number of carboxylic acids is 1. The summed E-state index contributed by atoms with van der Waals surface area (Å²) in [6.45, 7) is 0. The second kappa shape index (κ2) is 6.25. The van der Waals surface area contributed by atoms with Crippen LogP contribution in [0.2, 0.25) is 5.02 Å². The summed E-state index contributed by atoms with van der Waals surface area (Å²) in [4.78, 5) is 12.1. The molecule has 0 bridgehead atoms. The van der Waals surface area contributed by atoms with E-state index < -0.39 is 5.97 Å². The van der Waals surface area contributed by atoms with Gasteiger partial charge in [-0.1, -0.05) is 30.9 Å². The van der Waals surface area contributed by atoms with Gasteiger partial charge in [-0.2, -0.15) is 0 Å². The highest BCUT2D eigenvalue weighted by molar-refractivity contribution is 7.10. The highest BCUT2D eigenvalue weighted by Crippen LogP contribution is 2.46. The van der Waals surface area contributed by atoms with E-state index in [1.54, 1.807) is 11.3 Å². The number of hydrogen-bond acceptors (Lipinski definition) is 3. The molecule has 3 nitrogen and oxygen atoms in total. The number of carbonyl (C=O) groups is 1. The highest BCUT2D eigenvalue weighted by Gasteiger charge is 2.36. The zero-order valence-electron chi connectivity index (χ0n) is 10.9. The number of hydrogen-bond donors (Lipinski definition) is 2. The Balaban J connectivity index is 2.11. The van der Waals surface area contributed by atoms with E-state index in [0.29, 0.717) is 5.02 Å². The first-order valence-electron chi connectivity index (χ1n) is 6.73. The molecule has 0 spiro atoms. The first kappa shape index (κ1) is 14.8. The van der Waals surface area contributed by atoms with Crippen molar-refractivity contribution in [2.24, 2.45) is 11.1 Å². The van der Waals surface area contributed by atoms with Gasteiger partial charge in [-0.3, -0.25) is 4.79 Å². The predicted octanol–water partition coefficient (Wildman–Crippen LogP) is 4.22. The van der Waals surface area contributed by atoms with Crippen LogP contribution in [0.4, 0.5) is 0 Å². The van der Waals surface area contributed by atoms with Crippen LogP contribution in [0, 0.1) is 5.41 Å². The van der Waals surface area contributed by atoms with E-state index in [4.69, 9.17) is 22.4 Å². The Bertz CT molecular complexity index is 440. The summed E-state index contributed by atoms with van der Waals surface area (Å²) in [6.07, 6.45) is 6.31. The predicted molar refractivity (Wildman–Crippen MR) is 78.6 cm³/mol. The normalized spacial score (nSPS) is 20.1. The van der Waals surface area contributed by atoms with Gasteiger partial charge in [-0.15, -0.1) is 11.3 Å². The number of aliphatic carboxylic acids is 1. The lowest BCUT2D eigenvalue weighted by atomic mass is 9.68. The largest absolute Gasteiger partial charge is 0.481 e. The maximum atomic E-state index is 11.1. The SMILES string of the molecule is NC(CC1(CC(=O)O)CCCCC1)c1sccc1Cl. The van der Waals surface area contributed by atoms with E-state index >= 15 is 0 Å². The molecule has 3 N–H and O–H groups in total. The molecule has 2 rings (SSSR count). The van der Waals surface area contributed by atoms with Crippen LogP contribution in [0.5, 0.6) is 0 Å². The van der Waals surface area contributed by atoms with Crippen LogP contribution < -0.4 is 5.73 Å². The van der Waals surface area contributed by atoms with E-state index in [1.165, 1.54) is 6.42 Å². The van der Waals surface area contributed by atoms with Gasteiger partial charge in [0.05, 0.1) is 11.4 Å². The molecule has 1 aliphatic carbocycles. The summed E-state index contributed by atoms with van der Waals surface area (Å²) in [6, 6.07) is 1.71. The fraction of sp³-hybridized carbons (Fsp3) is 0.643. The minimum Gasteiger partial charge on any atom is -0.481 e. The van der Waals surface area contributed by atoms with Gasteiger partial charge < -0.3 is 10.8 Å². The molecular weight excluding hydrogens is 282 g/mol. The van der Waals surface area contributed by atoms with Gasteiger partial charge in [0.15, 0.2) is 0 Å². The quantitative estimate of drug-likeness (QED) is 0.856. The number of halogens is 1. The van der Waals surface area contributed by atoms with Gasteiger partial charge in [0.2, 0.25) is 0 Å². The van der Waals surface area contributed by atoms with Gasteiger partial charge in [0.25, 0.3) is 0 Å². The Morgan fingerprint density at radius 1 is 1.47 bits per heavy atom. The molecule has 0 saturated heterocycles. The summed E-state index contributed by atoms with van der Waals surface area (Å²) in [5.74, 6) is -0.716. The van der Waals surface area contributed by atoms with Gasteiger partial charge in [-0.25, -0.2) is 0 Å². The van der Waals surface area contributed by atoms with Crippen molar-refractivity contribution in [1.82, 2.24) is 0 Å². The maximum absolute atomic E-state index is 11.1. The lowest BCUT2D eigenvalue weighted by molar-refractivity contribution is -0.140. The fourth-order valence-electron chi connectivity index (χ4n) is 3.20. The average molecular weight is 302 g/mol. The number of thiophene rings is 1. The topological polar surface area (TPSA) is 63.3 Å². The Labute approximate surface area is 122 Å². The van der Waals surface area contributed by atoms with E-state index in [-0.39, 0.29) is 17.9 Å². The van der Waals surface area contributed by atoms with Crippen LogP contribution >= 0.6 is 22.9 Å². The Hall–Kier alpha value is -0.580. The smallest absolute Gasteiger partial charge is 0.303 e. The molecule has 106 valence electrons. The molecule has 5 heteroatoms. The molecule has 0 amide bonds. The van der Waals surface area contributed by atoms with Crippen molar-refractivity contribution in [1.29, 1.82) is 0 Å². The van der Waals surface area contributed by atoms with Gasteiger partial charge in [0.1, 0.15) is 0 Å². The van der Waals surface area contributed by atoms with Gasteiger partial charge in [-0.05, 0) is 36.1 Å². The van der Waals surface area contributed by atoms with Crippen LogP contribution in [0.25, 0.3) is 0 Å². The maximum Gasteiger partial charge on any atom is 0.303 e. The Morgan fingerprint density at radius 3 is 2.68 bits per heavy atom. The van der Waals surface area contributed by atoms with E-state index in [2.05, 4.69) is 0 Å². The number of rotatable bonds is 5. The van der Waals surface area contributed by atoms with Crippen LogP contribution in [0.1, 0.15) is 55.9 Å². The van der Waals surface area contributed by atoms with Crippen molar-refractivity contribution in [3.63, 3.8) is 0 Å². The van der Waals surface area contributed by atoms with Gasteiger partial charge in [0, 0.05) is 10.9 Å². The molecule has 0 radical (unpaired) electrons. The fourth-order valence-corrected chi connectivity index (χ4v) is 4.41. The van der Waals surface area contributed by atoms with Crippen molar-refractivity contribution in [2.45, 2.75) is 51.0 Å². The van der Waals surface area contributed by atoms with Crippen LogP contribution in [-0.2, 0) is 4.79 Å². The van der Waals surface area contributed by atoms with Crippen LogP contribution in [-0.4, -0.2) is 11.1 Å². The van der Waals surface area contributed by atoms with Gasteiger partial charge >= 0.3 is 5.97 Å². The molecule has 0 aliphatic heterocycles. The molecule has 1 heterocycles. The minimum atomic E-state index is -0.716. The number of nitrogens with two attached hydrogens (primary N) is 1. The van der Waals surface area contributed by atoms with Crippen molar-refractivity contribution in [3.05, 3.63) is 21.3 Å². The molecule has 1 aromatic heterocycles. The van der Waals surface area contributed by atoms with Crippen molar-refractivity contribution < 1.29 is 9.90 Å². The monoisotopic (exact) mass is 301 g/mol. The first-order chi connectivity index (χ1) is 9.02. The summed E-state index contributed by atoms with van der Waals surface area (Å²) >= 11 is 7.68. The molecule has 1 atom stereocenters. The summed E-state index contributed by atoms with van der Waals surface area (Å²) in [5, 5.41) is 11.8. The molecular formula is C14H20ClNO2S. The van der Waals surface area contributed by atoms with Crippen LogP contribution in [0.15, 0.2) is 11.4 Å². The number of carboxylic acid groups (broad SMARTS) is 1. The minimum absolute atomic E-state index is 0.142. The van der Waals surface area contributed by atoms with E-state index in [0.717, 1.165) is 37.0 Å². The second-order valence-corrected chi connectivity index (χ2v) is 6.93. The van der Waals surface area contributed by atoms with Crippen molar-refractivity contribution >= 4 is 28.9 Å². The molecule has 0 aromatic carbocycles. The third kappa shape index (κ3) is 3.71. The average Bonchev–Trinajstić information content (AvgIpc) is 2.75. The molecule has 1 aromatic rings. The van der Waals surface area contributed by atoms with Crippen molar-refractivity contribution in [3.8, 4) is 0 Å². The summed E-state index contributed by atoms with van der Waals surface area (Å²) in [5.41, 5.74) is 6.12. The Morgan fingerprint density at radius 2 is 2.16 bits per heavy atom. The standard InChI is InChI=1S/C14H20ClNO2S/c15-10-4-7-19-13(10)11(16)8-14(9-12(17)18)5-2-1-3-6-14/h4,7,11H,1-3,5-6,8-9,16H2,(H,17,18). The van der Waals surface area contributed by atoms with E-state index in [9.17, 15) is 4.79 Å².